The molecule has 0 unspecified atom stereocenters. The van der Waals surface area contributed by atoms with Gasteiger partial charge in [-0.25, -0.2) is 9.97 Å². The quantitative estimate of drug-likeness (QED) is 0.762. The molecule has 0 saturated carbocycles. The van der Waals surface area contributed by atoms with Gasteiger partial charge in [-0.15, -0.1) is 0 Å². The van der Waals surface area contributed by atoms with Crippen molar-refractivity contribution in [3.8, 4) is 11.3 Å². The van der Waals surface area contributed by atoms with E-state index in [4.69, 9.17) is 0 Å². The maximum Gasteiger partial charge on any atom is 0.129 e. The summed E-state index contributed by atoms with van der Waals surface area (Å²) in [5.74, 6) is 0.831. The standard InChI is InChI=1S/C15H16N4/c1-10-15(12-8-14(16-2)18-9-17-12)11-6-4-5-7-13(11)19(10)3/h4-9H,1-3H3,(H,16,17,18). The van der Waals surface area contributed by atoms with Gasteiger partial charge < -0.3 is 9.88 Å². The van der Waals surface area contributed by atoms with Crippen LogP contribution in [0.2, 0.25) is 0 Å². The van der Waals surface area contributed by atoms with Crippen molar-refractivity contribution >= 4 is 16.7 Å². The van der Waals surface area contributed by atoms with E-state index < -0.39 is 0 Å². The lowest BCUT2D eigenvalue weighted by Gasteiger charge is -2.04. The Kier molecular flexibility index (Phi) is 2.71. The molecule has 96 valence electrons. The molecule has 0 aliphatic rings. The Hall–Kier alpha value is -2.36. The number of aromatic nitrogens is 3. The molecule has 4 heteroatoms. The van der Waals surface area contributed by atoms with Gasteiger partial charge in [-0.05, 0) is 13.0 Å². The first-order valence-electron chi connectivity index (χ1n) is 6.26. The van der Waals surface area contributed by atoms with Gasteiger partial charge >= 0.3 is 0 Å². The molecule has 0 radical (unpaired) electrons. The Morgan fingerprint density at radius 3 is 2.74 bits per heavy atom. The first-order valence-corrected chi connectivity index (χ1v) is 6.26. The van der Waals surface area contributed by atoms with Crippen LogP contribution < -0.4 is 5.32 Å². The van der Waals surface area contributed by atoms with Gasteiger partial charge in [0, 0.05) is 42.3 Å². The molecule has 0 saturated heterocycles. The number of fused-ring (bicyclic) bond motifs is 1. The van der Waals surface area contributed by atoms with Gasteiger partial charge in [-0.2, -0.15) is 0 Å². The van der Waals surface area contributed by atoms with Crippen LogP contribution >= 0.6 is 0 Å². The van der Waals surface area contributed by atoms with Crippen LogP contribution in [0.15, 0.2) is 36.7 Å². The number of aryl methyl sites for hydroxylation is 1. The van der Waals surface area contributed by atoms with E-state index in [0.29, 0.717) is 0 Å². The lowest BCUT2D eigenvalue weighted by Crippen LogP contribution is -1.95. The van der Waals surface area contributed by atoms with Crippen molar-refractivity contribution in [1.82, 2.24) is 14.5 Å². The number of nitrogens with zero attached hydrogens (tertiary/aromatic N) is 3. The van der Waals surface area contributed by atoms with Crippen molar-refractivity contribution in [2.24, 2.45) is 7.05 Å². The molecule has 2 heterocycles. The first-order chi connectivity index (χ1) is 9.22. The highest BCUT2D eigenvalue weighted by atomic mass is 15.0. The number of rotatable bonds is 2. The minimum Gasteiger partial charge on any atom is -0.373 e. The first kappa shape index (κ1) is 11.7. The number of hydrogen-bond acceptors (Lipinski definition) is 3. The molecule has 1 N–H and O–H groups in total. The van der Waals surface area contributed by atoms with Crippen LogP contribution in [0.3, 0.4) is 0 Å². The average molecular weight is 252 g/mol. The Labute approximate surface area is 112 Å². The Bertz CT molecular complexity index is 743. The monoisotopic (exact) mass is 252 g/mol. The topological polar surface area (TPSA) is 42.7 Å². The van der Waals surface area contributed by atoms with Crippen molar-refractivity contribution in [1.29, 1.82) is 0 Å². The largest absolute Gasteiger partial charge is 0.373 e. The highest BCUT2D eigenvalue weighted by molar-refractivity contribution is 5.97. The molecule has 0 aliphatic carbocycles. The molecule has 0 amide bonds. The summed E-state index contributed by atoms with van der Waals surface area (Å²) in [4.78, 5) is 8.59. The molecule has 19 heavy (non-hydrogen) atoms. The van der Waals surface area contributed by atoms with Gasteiger partial charge in [0.15, 0.2) is 0 Å². The summed E-state index contributed by atoms with van der Waals surface area (Å²) in [5, 5.41) is 4.28. The second kappa shape index (κ2) is 4.39. The van der Waals surface area contributed by atoms with Crippen LogP contribution in [0.5, 0.6) is 0 Å². The molecular formula is C15H16N4. The molecule has 3 rings (SSSR count). The summed E-state index contributed by atoms with van der Waals surface area (Å²) in [6, 6.07) is 10.4. The molecular weight excluding hydrogens is 236 g/mol. The van der Waals surface area contributed by atoms with Crippen LogP contribution in [-0.4, -0.2) is 21.6 Å². The van der Waals surface area contributed by atoms with Crippen molar-refractivity contribution in [2.45, 2.75) is 6.92 Å². The summed E-state index contributed by atoms with van der Waals surface area (Å²) < 4.78 is 2.20. The number of benzene rings is 1. The summed E-state index contributed by atoms with van der Waals surface area (Å²) in [5.41, 5.74) is 4.56. The fourth-order valence-electron chi connectivity index (χ4n) is 2.47. The third-order valence-electron chi connectivity index (χ3n) is 3.58. The number of anilines is 1. The van der Waals surface area contributed by atoms with Gasteiger partial charge in [0.1, 0.15) is 12.1 Å². The van der Waals surface area contributed by atoms with Gasteiger partial charge in [-0.3, -0.25) is 0 Å². The Balaban J connectivity index is 2.32. The van der Waals surface area contributed by atoms with Crippen LogP contribution in [0.4, 0.5) is 5.82 Å². The van der Waals surface area contributed by atoms with E-state index in [1.807, 2.05) is 13.1 Å². The highest BCUT2D eigenvalue weighted by Gasteiger charge is 2.14. The van der Waals surface area contributed by atoms with Gasteiger partial charge in [0.25, 0.3) is 0 Å². The van der Waals surface area contributed by atoms with Gasteiger partial charge in [-0.1, -0.05) is 18.2 Å². The van der Waals surface area contributed by atoms with Gasteiger partial charge in [0.05, 0.1) is 5.69 Å². The molecule has 0 spiro atoms. The Morgan fingerprint density at radius 2 is 1.95 bits per heavy atom. The van der Waals surface area contributed by atoms with Crippen molar-refractivity contribution < 1.29 is 0 Å². The molecule has 2 aromatic heterocycles. The third kappa shape index (κ3) is 1.76. The van der Waals surface area contributed by atoms with E-state index in [1.54, 1.807) is 6.33 Å². The fraction of sp³-hybridized carbons (Fsp3) is 0.200. The molecule has 0 atom stereocenters. The zero-order valence-corrected chi connectivity index (χ0v) is 11.3. The predicted octanol–water partition coefficient (Wildman–Crippen LogP) is 2.99. The normalized spacial score (nSPS) is 10.9. The number of nitrogens with one attached hydrogen (secondary N) is 1. The highest BCUT2D eigenvalue weighted by Crippen LogP contribution is 2.33. The van der Waals surface area contributed by atoms with Crippen molar-refractivity contribution in [3.05, 3.63) is 42.4 Å². The van der Waals surface area contributed by atoms with E-state index in [1.165, 1.54) is 22.2 Å². The van der Waals surface area contributed by atoms with E-state index in [-0.39, 0.29) is 0 Å². The zero-order valence-electron chi connectivity index (χ0n) is 11.3. The zero-order chi connectivity index (χ0) is 13.4. The summed E-state index contributed by atoms with van der Waals surface area (Å²) in [7, 11) is 3.95. The summed E-state index contributed by atoms with van der Waals surface area (Å²) >= 11 is 0. The van der Waals surface area contributed by atoms with Crippen molar-refractivity contribution in [3.63, 3.8) is 0 Å². The van der Waals surface area contributed by atoms with Gasteiger partial charge in [0.2, 0.25) is 0 Å². The minimum absolute atomic E-state index is 0.831. The molecule has 1 aromatic carbocycles. The minimum atomic E-state index is 0.831. The molecule has 4 nitrogen and oxygen atoms in total. The number of para-hydroxylation sites is 1. The maximum absolute atomic E-state index is 4.42. The van der Waals surface area contributed by atoms with E-state index >= 15 is 0 Å². The van der Waals surface area contributed by atoms with E-state index in [9.17, 15) is 0 Å². The predicted molar refractivity (Wildman–Crippen MR) is 78.2 cm³/mol. The lowest BCUT2D eigenvalue weighted by atomic mass is 10.1. The van der Waals surface area contributed by atoms with E-state index in [2.05, 4.69) is 58.1 Å². The van der Waals surface area contributed by atoms with Crippen LogP contribution in [0.25, 0.3) is 22.2 Å². The lowest BCUT2D eigenvalue weighted by molar-refractivity contribution is 0.918. The van der Waals surface area contributed by atoms with E-state index in [0.717, 1.165) is 11.5 Å². The SMILES string of the molecule is CNc1cc(-c2c(C)n(C)c3ccccc23)ncn1. The summed E-state index contributed by atoms with van der Waals surface area (Å²) in [6.07, 6.45) is 1.60. The summed E-state index contributed by atoms with van der Waals surface area (Å²) in [6.45, 7) is 2.12. The van der Waals surface area contributed by atoms with Crippen LogP contribution in [0.1, 0.15) is 5.69 Å². The number of hydrogen-bond donors (Lipinski definition) is 1. The fourth-order valence-corrected chi connectivity index (χ4v) is 2.47. The van der Waals surface area contributed by atoms with Crippen molar-refractivity contribution in [2.75, 3.05) is 12.4 Å². The smallest absolute Gasteiger partial charge is 0.129 e. The molecule has 0 aliphatic heterocycles. The average Bonchev–Trinajstić information content (AvgIpc) is 2.72. The second-order valence-electron chi connectivity index (χ2n) is 4.58. The van der Waals surface area contributed by atoms with Crippen LogP contribution in [-0.2, 0) is 7.05 Å². The third-order valence-corrected chi connectivity index (χ3v) is 3.58. The molecule has 3 aromatic rings. The molecule has 0 fully saturated rings. The second-order valence-corrected chi connectivity index (χ2v) is 4.58. The molecule has 0 bridgehead atoms. The van der Waals surface area contributed by atoms with Crippen LogP contribution in [0, 0.1) is 6.92 Å². The Morgan fingerprint density at radius 1 is 1.16 bits per heavy atom. The maximum atomic E-state index is 4.42.